The summed E-state index contributed by atoms with van der Waals surface area (Å²) in [7, 11) is 0. The molecule has 2 rings (SSSR count). The van der Waals surface area contributed by atoms with Gasteiger partial charge in [-0.15, -0.1) is 11.8 Å². The van der Waals surface area contributed by atoms with Crippen LogP contribution in [-0.4, -0.2) is 55.6 Å². The van der Waals surface area contributed by atoms with Crippen LogP contribution in [0, 0.1) is 5.92 Å². The summed E-state index contributed by atoms with van der Waals surface area (Å²) in [5.74, 6) is 0.786. The zero-order valence-electron chi connectivity index (χ0n) is 13.6. The Bertz CT molecular complexity index is 557. The standard InChI is InChI=1S/C16H21ClF3N3OS/c17-13-1-3-14(4-2-13)25-8-6-21-15(24)22-9-12-5-7-23(10-12)11-16(18,19)20/h1-4,12H,5-11H2,(H2,21,22,24). The molecule has 9 heteroatoms. The molecule has 0 aromatic heterocycles. The van der Waals surface area contributed by atoms with Gasteiger partial charge in [0.25, 0.3) is 0 Å². The van der Waals surface area contributed by atoms with Gasteiger partial charge in [-0.3, -0.25) is 4.90 Å². The van der Waals surface area contributed by atoms with E-state index in [1.54, 1.807) is 11.8 Å². The largest absolute Gasteiger partial charge is 0.401 e. The number of hydrogen-bond donors (Lipinski definition) is 2. The summed E-state index contributed by atoms with van der Waals surface area (Å²) in [4.78, 5) is 14.2. The van der Waals surface area contributed by atoms with Crippen molar-refractivity contribution in [1.82, 2.24) is 15.5 Å². The second-order valence-electron chi connectivity index (χ2n) is 5.94. The number of likely N-dealkylation sites (tertiary alicyclic amines) is 1. The number of amides is 2. The highest BCUT2D eigenvalue weighted by molar-refractivity contribution is 7.99. The van der Waals surface area contributed by atoms with E-state index >= 15 is 0 Å². The SMILES string of the molecule is O=C(NCCSc1ccc(Cl)cc1)NCC1CCN(CC(F)(F)F)C1. The highest BCUT2D eigenvalue weighted by atomic mass is 35.5. The molecule has 1 aromatic rings. The molecule has 2 N–H and O–H groups in total. The Hall–Kier alpha value is -1.12. The van der Waals surface area contributed by atoms with Crippen LogP contribution in [0.1, 0.15) is 6.42 Å². The number of thioether (sulfide) groups is 1. The predicted octanol–water partition coefficient (Wildman–Crippen LogP) is 3.62. The Kier molecular flexibility index (Phi) is 7.71. The normalized spacial score (nSPS) is 18.3. The molecule has 4 nitrogen and oxygen atoms in total. The van der Waals surface area contributed by atoms with Gasteiger partial charge in [0.15, 0.2) is 0 Å². The Labute approximate surface area is 154 Å². The van der Waals surface area contributed by atoms with Crippen molar-refractivity contribution < 1.29 is 18.0 Å². The summed E-state index contributed by atoms with van der Waals surface area (Å²) in [5.41, 5.74) is 0. The summed E-state index contributed by atoms with van der Waals surface area (Å²) in [6, 6.07) is 7.17. The van der Waals surface area contributed by atoms with Crippen LogP contribution in [0.2, 0.25) is 5.02 Å². The Morgan fingerprint density at radius 1 is 1.28 bits per heavy atom. The average Bonchev–Trinajstić information content (AvgIpc) is 2.96. The van der Waals surface area contributed by atoms with Crippen molar-refractivity contribution in [3.8, 4) is 0 Å². The third kappa shape index (κ3) is 8.20. The van der Waals surface area contributed by atoms with E-state index in [0.29, 0.717) is 37.6 Å². The van der Waals surface area contributed by atoms with Crippen molar-refractivity contribution in [2.24, 2.45) is 5.92 Å². The van der Waals surface area contributed by atoms with Crippen LogP contribution in [0.3, 0.4) is 0 Å². The van der Waals surface area contributed by atoms with Gasteiger partial charge < -0.3 is 10.6 Å². The average molecular weight is 396 g/mol. The molecule has 1 aliphatic rings. The van der Waals surface area contributed by atoms with Crippen molar-refractivity contribution in [3.63, 3.8) is 0 Å². The maximum atomic E-state index is 12.3. The number of halogens is 4. The fraction of sp³-hybridized carbons (Fsp3) is 0.562. The number of urea groups is 1. The molecule has 1 aromatic carbocycles. The van der Waals surface area contributed by atoms with Crippen molar-refractivity contribution in [2.75, 3.05) is 38.5 Å². The third-order valence-electron chi connectivity index (χ3n) is 3.79. The van der Waals surface area contributed by atoms with Gasteiger partial charge in [0.2, 0.25) is 0 Å². The summed E-state index contributed by atoms with van der Waals surface area (Å²) < 4.78 is 37.0. The Balaban J connectivity index is 1.55. The molecule has 140 valence electrons. The summed E-state index contributed by atoms with van der Waals surface area (Å²) >= 11 is 7.42. The first-order valence-corrected chi connectivity index (χ1v) is 9.37. The molecular weight excluding hydrogens is 375 g/mol. The Morgan fingerprint density at radius 3 is 2.68 bits per heavy atom. The zero-order chi connectivity index (χ0) is 18.3. The number of hydrogen-bond acceptors (Lipinski definition) is 3. The number of benzene rings is 1. The van der Waals surface area contributed by atoms with E-state index < -0.39 is 12.7 Å². The smallest absolute Gasteiger partial charge is 0.338 e. The molecule has 1 saturated heterocycles. The number of alkyl halides is 3. The number of nitrogens with zero attached hydrogens (tertiary/aromatic N) is 1. The molecule has 0 bridgehead atoms. The molecule has 1 heterocycles. The molecule has 0 radical (unpaired) electrons. The van der Waals surface area contributed by atoms with E-state index in [-0.39, 0.29) is 11.9 Å². The van der Waals surface area contributed by atoms with Crippen LogP contribution in [0.15, 0.2) is 29.2 Å². The van der Waals surface area contributed by atoms with Crippen LogP contribution >= 0.6 is 23.4 Å². The van der Waals surface area contributed by atoms with Gasteiger partial charge in [0.05, 0.1) is 6.54 Å². The van der Waals surface area contributed by atoms with Gasteiger partial charge >= 0.3 is 12.2 Å². The fourth-order valence-corrected chi connectivity index (χ4v) is 3.53. The van der Waals surface area contributed by atoms with Crippen molar-refractivity contribution in [2.45, 2.75) is 17.5 Å². The summed E-state index contributed by atoms with van der Waals surface area (Å²) in [5, 5.41) is 6.16. The van der Waals surface area contributed by atoms with Gasteiger partial charge in [-0.05, 0) is 43.1 Å². The minimum atomic E-state index is -4.17. The van der Waals surface area contributed by atoms with Crippen molar-refractivity contribution in [1.29, 1.82) is 0 Å². The van der Waals surface area contributed by atoms with E-state index in [4.69, 9.17) is 11.6 Å². The van der Waals surface area contributed by atoms with Gasteiger partial charge in [0.1, 0.15) is 0 Å². The van der Waals surface area contributed by atoms with E-state index in [0.717, 1.165) is 10.6 Å². The van der Waals surface area contributed by atoms with Gasteiger partial charge in [-0.1, -0.05) is 11.6 Å². The van der Waals surface area contributed by atoms with E-state index in [1.807, 2.05) is 24.3 Å². The van der Waals surface area contributed by atoms with Gasteiger partial charge in [-0.25, -0.2) is 4.79 Å². The molecule has 1 aliphatic heterocycles. The van der Waals surface area contributed by atoms with Crippen molar-refractivity contribution >= 4 is 29.4 Å². The van der Waals surface area contributed by atoms with Crippen LogP contribution in [-0.2, 0) is 0 Å². The Morgan fingerprint density at radius 2 is 2.00 bits per heavy atom. The maximum Gasteiger partial charge on any atom is 0.401 e. The first-order chi connectivity index (χ1) is 11.8. The zero-order valence-corrected chi connectivity index (χ0v) is 15.2. The van der Waals surface area contributed by atoms with Crippen molar-refractivity contribution in [3.05, 3.63) is 29.3 Å². The molecule has 0 spiro atoms. The number of nitrogens with one attached hydrogen (secondary N) is 2. The monoisotopic (exact) mass is 395 g/mol. The minimum Gasteiger partial charge on any atom is -0.338 e. The highest BCUT2D eigenvalue weighted by Crippen LogP contribution is 2.22. The number of rotatable bonds is 7. The van der Waals surface area contributed by atoms with E-state index in [9.17, 15) is 18.0 Å². The lowest BCUT2D eigenvalue weighted by atomic mass is 10.1. The lowest BCUT2D eigenvalue weighted by Crippen LogP contribution is -2.40. The first kappa shape index (κ1) is 20.2. The quantitative estimate of drug-likeness (QED) is 0.547. The molecule has 0 aliphatic carbocycles. The molecular formula is C16H21ClF3N3OS. The molecule has 1 unspecified atom stereocenters. The van der Waals surface area contributed by atoms with Crippen LogP contribution in [0.4, 0.5) is 18.0 Å². The third-order valence-corrected chi connectivity index (χ3v) is 5.06. The van der Waals surface area contributed by atoms with Crippen LogP contribution in [0.5, 0.6) is 0 Å². The molecule has 2 amide bonds. The molecule has 1 fully saturated rings. The lowest BCUT2D eigenvalue weighted by Gasteiger charge is -2.18. The predicted molar refractivity (Wildman–Crippen MR) is 94.2 cm³/mol. The lowest BCUT2D eigenvalue weighted by molar-refractivity contribution is -0.143. The second-order valence-corrected chi connectivity index (χ2v) is 7.55. The van der Waals surface area contributed by atoms with Crippen LogP contribution < -0.4 is 10.6 Å². The topological polar surface area (TPSA) is 44.4 Å². The van der Waals surface area contributed by atoms with Crippen LogP contribution in [0.25, 0.3) is 0 Å². The van der Waals surface area contributed by atoms with E-state index in [2.05, 4.69) is 10.6 Å². The van der Waals surface area contributed by atoms with E-state index in [1.165, 1.54) is 4.90 Å². The fourth-order valence-electron chi connectivity index (χ4n) is 2.64. The second kappa shape index (κ2) is 9.54. The summed E-state index contributed by atoms with van der Waals surface area (Å²) in [6.45, 7) is 0.809. The maximum absolute atomic E-state index is 12.3. The minimum absolute atomic E-state index is 0.0662. The summed E-state index contributed by atoms with van der Waals surface area (Å²) in [6.07, 6.45) is -3.50. The van der Waals surface area contributed by atoms with Gasteiger partial charge in [-0.2, -0.15) is 13.2 Å². The highest BCUT2D eigenvalue weighted by Gasteiger charge is 2.34. The molecule has 1 atom stereocenters. The number of carbonyl (C=O) groups is 1. The molecule has 25 heavy (non-hydrogen) atoms. The number of carbonyl (C=O) groups excluding carboxylic acids is 1. The first-order valence-electron chi connectivity index (χ1n) is 8.01. The van der Waals surface area contributed by atoms with Gasteiger partial charge in [0, 0.05) is 35.3 Å². The molecule has 0 saturated carbocycles.